The summed E-state index contributed by atoms with van der Waals surface area (Å²) in [5, 5.41) is 8.62. The molecule has 2 rings (SSSR count). The van der Waals surface area contributed by atoms with Crippen LogP contribution in [0.15, 0.2) is 23.8 Å². The molecule has 0 aliphatic heterocycles. The molecule has 0 aromatic carbocycles. The minimum Gasteiger partial charge on any atom is -0.366 e. The standard InChI is InChI=1S/C11H13N5O2S/c1-16-5-6(4-14-16)8(12)10(18)15-11-7(9(13)17)2-3-19-11/h2-5,8H,12H2,1H3,(H2,13,17)(H,15,18). The minimum absolute atomic E-state index is 0.275. The van der Waals surface area contributed by atoms with Crippen LogP contribution in [0, 0.1) is 0 Å². The molecular weight excluding hydrogens is 266 g/mol. The monoisotopic (exact) mass is 279 g/mol. The third-order valence-corrected chi connectivity index (χ3v) is 3.36. The summed E-state index contributed by atoms with van der Waals surface area (Å²) in [5.74, 6) is -1.01. The molecule has 0 saturated heterocycles. The van der Waals surface area contributed by atoms with Crippen molar-refractivity contribution in [3.63, 3.8) is 0 Å². The number of thiophene rings is 1. The number of anilines is 1. The molecule has 0 bridgehead atoms. The Morgan fingerprint density at radius 1 is 1.53 bits per heavy atom. The van der Waals surface area contributed by atoms with Gasteiger partial charge in [-0.1, -0.05) is 0 Å². The van der Waals surface area contributed by atoms with E-state index < -0.39 is 17.9 Å². The molecule has 2 aromatic heterocycles. The van der Waals surface area contributed by atoms with Gasteiger partial charge < -0.3 is 16.8 Å². The number of primary amides is 1. The van der Waals surface area contributed by atoms with Gasteiger partial charge in [-0.05, 0) is 11.4 Å². The van der Waals surface area contributed by atoms with Crippen LogP contribution in [-0.4, -0.2) is 21.6 Å². The molecule has 8 heteroatoms. The highest BCUT2D eigenvalue weighted by Crippen LogP contribution is 2.24. The normalized spacial score (nSPS) is 12.1. The lowest BCUT2D eigenvalue weighted by atomic mass is 10.1. The highest BCUT2D eigenvalue weighted by molar-refractivity contribution is 7.14. The van der Waals surface area contributed by atoms with Crippen LogP contribution in [-0.2, 0) is 11.8 Å². The number of nitrogens with two attached hydrogens (primary N) is 2. The van der Waals surface area contributed by atoms with Crippen LogP contribution in [0.5, 0.6) is 0 Å². The fourth-order valence-electron chi connectivity index (χ4n) is 1.54. The van der Waals surface area contributed by atoms with E-state index in [0.717, 1.165) is 0 Å². The fourth-order valence-corrected chi connectivity index (χ4v) is 2.34. The van der Waals surface area contributed by atoms with Crippen LogP contribution in [0.4, 0.5) is 5.00 Å². The van der Waals surface area contributed by atoms with E-state index >= 15 is 0 Å². The van der Waals surface area contributed by atoms with Gasteiger partial charge in [-0.3, -0.25) is 14.3 Å². The molecule has 0 radical (unpaired) electrons. The molecule has 0 spiro atoms. The lowest BCUT2D eigenvalue weighted by Gasteiger charge is -2.10. The summed E-state index contributed by atoms with van der Waals surface area (Å²) in [7, 11) is 1.73. The molecule has 2 heterocycles. The molecule has 0 fully saturated rings. The molecule has 100 valence electrons. The first kappa shape index (κ1) is 13.2. The maximum absolute atomic E-state index is 12.0. The SMILES string of the molecule is Cn1cc(C(N)C(=O)Nc2sccc2C(N)=O)cn1. The van der Waals surface area contributed by atoms with Crippen molar-refractivity contribution >= 4 is 28.2 Å². The Bertz CT molecular complexity index is 618. The van der Waals surface area contributed by atoms with Gasteiger partial charge in [0.2, 0.25) is 5.91 Å². The largest absolute Gasteiger partial charge is 0.366 e. The molecule has 0 aliphatic rings. The Hall–Kier alpha value is -2.19. The van der Waals surface area contributed by atoms with Gasteiger partial charge in [0.15, 0.2) is 0 Å². The number of amides is 2. The minimum atomic E-state index is -0.850. The highest BCUT2D eigenvalue weighted by atomic mass is 32.1. The summed E-state index contributed by atoms with van der Waals surface area (Å²) in [6.07, 6.45) is 3.18. The van der Waals surface area contributed by atoms with Gasteiger partial charge in [0.25, 0.3) is 5.91 Å². The zero-order chi connectivity index (χ0) is 14.0. The van der Waals surface area contributed by atoms with Gasteiger partial charge in [-0.2, -0.15) is 5.10 Å². The summed E-state index contributed by atoms with van der Waals surface area (Å²) >= 11 is 1.21. The van der Waals surface area contributed by atoms with E-state index in [4.69, 9.17) is 11.5 Å². The van der Waals surface area contributed by atoms with E-state index in [2.05, 4.69) is 10.4 Å². The number of rotatable bonds is 4. The predicted octanol–water partition coefficient (Wildman–Crippen LogP) is 0.219. The first-order chi connectivity index (χ1) is 8.99. The molecule has 2 aromatic rings. The van der Waals surface area contributed by atoms with Crippen molar-refractivity contribution in [2.75, 3.05) is 5.32 Å². The van der Waals surface area contributed by atoms with E-state index in [-0.39, 0.29) is 5.56 Å². The number of carbonyl (C=O) groups is 2. The van der Waals surface area contributed by atoms with E-state index in [9.17, 15) is 9.59 Å². The maximum Gasteiger partial charge on any atom is 0.251 e. The average Bonchev–Trinajstić information content (AvgIpc) is 2.97. The smallest absolute Gasteiger partial charge is 0.251 e. The van der Waals surface area contributed by atoms with Crippen LogP contribution >= 0.6 is 11.3 Å². The number of nitrogens with one attached hydrogen (secondary N) is 1. The second kappa shape index (κ2) is 5.21. The van der Waals surface area contributed by atoms with Gasteiger partial charge in [0.05, 0.1) is 11.8 Å². The molecule has 5 N–H and O–H groups in total. The van der Waals surface area contributed by atoms with Gasteiger partial charge in [-0.25, -0.2) is 0 Å². The van der Waals surface area contributed by atoms with Gasteiger partial charge in [0, 0.05) is 18.8 Å². The van der Waals surface area contributed by atoms with Crippen LogP contribution in [0.25, 0.3) is 0 Å². The van der Waals surface area contributed by atoms with Crippen LogP contribution in [0.3, 0.4) is 0 Å². The quantitative estimate of drug-likeness (QED) is 0.742. The molecule has 0 aliphatic carbocycles. The molecular formula is C11H13N5O2S. The summed E-state index contributed by atoms with van der Waals surface area (Å²) in [4.78, 5) is 23.1. The second-order valence-electron chi connectivity index (χ2n) is 3.94. The Kier molecular flexibility index (Phi) is 3.63. The Balaban J connectivity index is 2.13. The van der Waals surface area contributed by atoms with E-state index in [1.165, 1.54) is 17.5 Å². The summed E-state index contributed by atoms with van der Waals surface area (Å²) in [6.45, 7) is 0. The van der Waals surface area contributed by atoms with Gasteiger partial charge in [0.1, 0.15) is 11.0 Å². The number of carbonyl (C=O) groups excluding carboxylic acids is 2. The summed E-state index contributed by atoms with van der Waals surface area (Å²) in [6, 6.07) is 0.703. The molecule has 1 atom stereocenters. The summed E-state index contributed by atoms with van der Waals surface area (Å²) < 4.78 is 1.56. The van der Waals surface area contributed by atoms with Crippen molar-refractivity contribution in [1.29, 1.82) is 0 Å². The van der Waals surface area contributed by atoms with E-state index in [1.807, 2.05) is 0 Å². The van der Waals surface area contributed by atoms with Crippen molar-refractivity contribution in [1.82, 2.24) is 9.78 Å². The average molecular weight is 279 g/mol. The Labute approximate surface area is 113 Å². The number of hydrogen-bond donors (Lipinski definition) is 3. The molecule has 19 heavy (non-hydrogen) atoms. The molecule has 7 nitrogen and oxygen atoms in total. The van der Waals surface area contributed by atoms with Crippen molar-refractivity contribution in [2.24, 2.45) is 18.5 Å². The lowest BCUT2D eigenvalue weighted by Crippen LogP contribution is -2.28. The fraction of sp³-hybridized carbons (Fsp3) is 0.182. The van der Waals surface area contributed by atoms with Gasteiger partial charge >= 0.3 is 0 Å². The zero-order valence-corrected chi connectivity index (χ0v) is 11.0. The van der Waals surface area contributed by atoms with Crippen LogP contribution in [0.1, 0.15) is 22.0 Å². The number of hydrogen-bond acceptors (Lipinski definition) is 5. The van der Waals surface area contributed by atoms with Crippen molar-refractivity contribution in [3.8, 4) is 0 Å². The summed E-state index contributed by atoms with van der Waals surface area (Å²) in [5.41, 5.74) is 11.9. The third-order valence-electron chi connectivity index (χ3n) is 2.53. The van der Waals surface area contributed by atoms with Crippen LogP contribution in [0.2, 0.25) is 0 Å². The Morgan fingerprint density at radius 2 is 2.26 bits per heavy atom. The third kappa shape index (κ3) is 2.80. The molecule has 1 unspecified atom stereocenters. The number of aromatic nitrogens is 2. The number of nitrogens with zero attached hydrogens (tertiary/aromatic N) is 2. The first-order valence-electron chi connectivity index (χ1n) is 5.41. The van der Waals surface area contributed by atoms with Crippen molar-refractivity contribution in [2.45, 2.75) is 6.04 Å². The lowest BCUT2D eigenvalue weighted by molar-refractivity contribution is -0.117. The first-order valence-corrected chi connectivity index (χ1v) is 6.29. The van der Waals surface area contributed by atoms with E-state index in [1.54, 1.807) is 29.4 Å². The molecule has 0 saturated carbocycles. The van der Waals surface area contributed by atoms with E-state index in [0.29, 0.717) is 10.6 Å². The Morgan fingerprint density at radius 3 is 2.84 bits per heavy atom. The predicted molar refractivity (Wildman–Crippen MR) is 71.6 cm³/mol. The molecule has 2 amide bonds. The zero-order valence-electron chi connectivity index (χ0n) is 10.2. The van der Waals surface area contributed by atoms with Crippen molar-refractivity contribution < 1.29 is 9.59 Å². The van der Waals surface area contributed by atoms with Gasteiger partial charge in [-0.15, -0.1) is 11.3 Å². The number of aryl methyl sites for hydroxylation is 1. The topological polar surface area (TPSA) is 116 Å². The van der Waals surface area contributed by atoms with Crippen LogP contribution < -0.4 is 16.8 Å². The maximum atomic E-state index is 12.0. The second-order valence-corrected chi connectivity index (χ2v) is 4.86. The highest BCUT2D eigenvalue weighted by Gasteiger charge is 2.20. The van der Waals surface area contributed by atoms with Crippen molar-refractivity contribution in [3.05, 3.63) is 35.0 Å².